The average molecular weight is 500 g/mol. The smallest absolute Gasteiger partial charge is 0.265 e. The topological polar surface area (TPSA) is 79.9 Å². The van der Waals surface area contributed by atoms with E-state index >= 15 is 0 Å². The Hall–Kier alpha value is -3.68. The van der Waals surface area contributed by atoms with Crippen molar-refractivity contribution in [3.8, 4) is 16.9 Å². The Kier molecular flexibility index (Phi) is 7.82. The maximum Gasteiger partial charge on any atom is 0.265 e. The Morgan fingerprint density at radius 2 is 1.92 bits per heavy atom. The lowest BCUT2D eigenvalue weighted by Gasteiger charge is -2.32. The van der Waals surface area contributed by atoms with Crippen molar-refractivity contribution in [1.29, 1.82) is 0 Å². The quantitative estimate of drug-likeness (QED) is 0.448. The van der Waals surface area contributed by atoms with Crippen LogP contribution in [0.1, 0.15) is 24.3 Å². The number of ether oxygens (including phenoxy) is 2. The molecular formula is C30H33N3O4. The molecule has 2 heterocycles. The molecular weight excluding hydrogens is 466 g/mol. The molecule has 0 saturated carbocycles. The molecule has 192 valence electrons. The van der Waals surface area contributed by atoms with Crippen LogP contribution < -0.4 is 20.3 Å². The van der Waals surface area contributed by atoms with Gasteiger partial charge in [-0.3, -0.25) is 9.59 Å². The first-order chi connectivity index (χ1) is 18.1. The van der Waals surface area contributed by atoms with Crippen LogP contribution in [0.25, 0.3) is 11.1 Å². The summed E-state index contributed by atoms with van der Waals surface area (Å²) < 4.78 is 10.8. The van der Waals surface area contributed by atoms with Gasteiger partial charge in [-0.1, -0.05) is 54.6 Å². The van der Waals surface area contributed by atoms with Crippen LogP contribution in [0, 0.1) is 5.92 Å². The number of rotatable bonds is 8. The van der Waals surface area contributed by atoms with E-state index in [0.717, 1.165) is 24.9 Å². The zero-order valence-electron chi connectivity index (χ0n) is 21.1. The highest BCUT2D eigenvalue weighted by atomic mass is 16.5. The second kappa shape index (κ2) is 11.6. The summed E-state index contributed by atoms with van der Waals surface area (Å²) in [6.07, 6.45) is 1.60. The molecule has 7 heteroatoms. The van der Waals surface area contributed by atoms with Gasteiger partial charge in [0.25, 0.3) is 5.91 Å². The predicted octanol–water partition coefficient (Wildman–Crippen LogP) is 4.45. The lowest BCUT2D eigenvalue weighted by Crippen LogP contribution is -2.42. The van der Waals surface area contributed by atoms with E-state index in [1.165, 1.54) is 11.1 Å². The summed E-state index contributed by atoms with van der Waals surface area (Å²) in [5, 5.41) is 6.51. The first-order valence-electron chi connectivity index (χ1n) is 12.9. The number of methoxy groups -OCH3 is 1. The molecule has 2 aliphatic rings. The van der Waals surface area contributed by atoms with Crippen LogP contribution in [0.15, 0.2) is 72.8 Å². The fourth-order valence-corrected chi connectivity index (χ4v) is 5.24. The monoisotopic (exact) mass is 499 g/mol. The third-order valence-corrected chi connectivity index (χ3v) is 7.14. The largest absolute Gasteiger partial charge is 0.482 e. The number of amides is 2. The number of carbonyl (C=O) groups is 2. The van der Waals surface area contributed by atoms with Crippen LogP contribution >= 0.6 is 0 Å². The first kappa shape index (κ1) is 25.0. The van der Waals surface area contributed by atoms with Crippen molar-refractivity contribution in [2.24, 2.45) is 5.92 Å². The lowest BCUT2D eigenvalue weighted by atomic mass is 9.80. The van der Waals surface area contributed by atoms with Crippen molar-refractivity contribution in [1.82, 2.24) is 5.32 Å². The number of benzene rings is 3. The van der Waals surface area contributed by atoms with Crippen molar-refractivity contribution in [2.45, 2.75) is 18.8 Å². The number of nitrogens with one attached hydrogen (secondary N) is 2. The highest BCUT2D eigenvalue weighted by Gasteiger charge is 2.33. The van der Waals surface area contributed by atoms with Crippen molar-refractivity contribution in [3.05, 3.63) is 78.4 Å². The number of nitrogens with zero attached hydrogens (tertiary/aromatic N) is 1. The van der Waals surface area contributed by atoms with Gasteiger partial charge in [0.05, 0.1) is 11.6 Å². The zero-order chi connectivity index (χ0) is 25.6. The predicted molar refractivity (Wildman–Crippen MR) is 145 cm³/mol. The summed E-state index contributed by atoms with van der Waals surface area (Å²) in [6, 6.07) is 24.3. The van der Waals surface area contributed by atoms with Gasteiger partial charge in [-0.25, -0.2) is 0 Å². The zero-order valence-corrected chi connectivity index (χ0v) is 21.1. The minimum atomic E-state index is -0.216. The van der Waals surface area contributed by atoms with Crippen LogP contribution in [-0.4, -0.2) is 51.8 Å². The van der Waals surface area contributed by atoms with Crippen LogP contribution in [0.5, 0.6) is 5.75 Å². The summed E-state index contributed by atoms with van der Waals surface area (Å²) in [5.41, 5.74) is 4.83. The van der Waals surface area contributed by atoms with Gasteiger partial charge >= 0.3 is 0 Å². The second-order valence-electron chi connectivity index (χ2n) is 9.55. The summed E-state index contributed by atoms with van der Waals surface area (Å²) >= 11 is 0. The van der Waals surface area contributed by atoms with E-state index in [4.69, 9.17) is 9.47 Å². The summed E-state index contributed by atoms with van der Waals surface area (Å²) in [6.45, 7) is 2.61. The number of hydrogen-bond donors (Lipinski definition) is 2. The summed E-state index contributed by atoms with van der Waals surface area (Å²) in [5.74, 6) is 0.410. The number of carbonyl (C=O) groups excluding carboxylic acids is 2. The van der Waals surface area contributed by atoms with Crippen LogP contribution in [-0.2, 0) is 14.3 Å². The molecule has 3 aromatic carbocycles. The van der Waals surface area contributed by atoms with Crippen LogP contribution in [0.4, 0.5) is 11.4 Å². The van der Waals surface area contributed by atoms with E-state index in [-0.39, 0.29) is 30.3 Å². The maximum atomic E-state index is 13.6. The Bertz CT molecular complexity index is 1250. The van der Waals surface area contributed by atoms with Crippen molar-refractivity contribution < 1.29 is 19.1 Å². The Morgan fingerprint density at radius 1 is 1.08 bits per heavy atom. The molecule has 1 fully saturated rings. The number of piperidine rings is 1. The van der Waals surface area contributed by atoms with Crippen molar-refractivity contribution in [3.63, 3.8) is 0 Å². The molecule has 0 radical (unpaired) electrons. The summed E-state index contributed by atoms with van der Waals surface area (Å²) in [7, 11) is 1.65. The summed E-state index contributed by atoms with van der Waals surface area (Å²) in [4.78, 5) is 27.8. The minimum Gasteiger partial charge on any atom is -0.482 e. The molecule has 5 rings (SSSR count). The molecule has 0 bridgehead atoms. The fraction of sp³-hybridized carbons (Fsp3) is 0.333. The van der Waals surface area contributed by atoms with Gasteiger partial charge in [0.15, 0.2) is 6.61 Å². The van der Waals surface area contributed by atoms with E-state index in [0.29, 0.717) is 36.8 Å². The molecule has 2 atom stereocenters. The van der Waals surface area contributed by atoms with Gasteiger partial charge in [0.2, 0.25) is 5.91 Å². The second-order valence-corrected chi connectivity index (χ2v) is 9.55. The molecule has 2 amide bonds. The molecule has 37 heavy (non-hydrogen) atoms. The van der Waals surface area contributed by atoms with E-state index in [1.54, 1.807) is 12.0 Å². The average Bonchev–Trinajstić information content (AvgIpc) is 2.95. The normalized spacial score (nSPS) is 19.2. The fourth-order valence-electron chi connectivity index (χ4n) is 5.24. The van der Waals surface area contributed by atoms with Gasteiger partial charge in [0.1, 0.15) is 5.75 Å². The van der Waals surface area contributed by atoms with Crippen molar-refractivity contribution >= 4 is 23.2 Å². The van der Waals surface area contributed by atoms with Crippen molar-refractivity contribution in [2.75, 3.05) is 50.2 Å². The van der Waals surface area contributed by atoms with Gasteiger partial charge < -0.3 is 25.0 Å². The van der Waals surface area contributed by atoms with Gasteiger partial charge in [-0.05, 0) is 60.2 Å². The molecule has 7 nitrogen and oxygen atoms in total. The molecule has 2 aliphatic heterocycles. The van der Waals surface area contributed by atoms with Gasteiger partial charge in [0, 0.05) is 32.5 Å². The maximum absolute atomic E-state index is 13.6. The lowest BCUT2D eigenvalue weighted by molar-refractivity contribution is -0.121. The third kappa shape index (κ3) is 5.68. The highest BCUT2D eigenvalue weighted by Crippen LogP contribution is 2.36. The highest BCUT2D eigenvalue weighted by molar-refractivity contribution is 6.00. The molecule has 1 unspecified atom stereocenters. The Morgan fingerprint density at radius 3 is 2.76 bits per heavy atom. The van der Waals surface area contributed by atoms with E-state index < -0.39 is 0 Å². The standard InChI is InChI=1S/C30H33N3O4/c1-36-16-6-15-33-27-18-24(11-12-28(27)37-20-29(33)34)32-30(35)26-19-31-14-13-25(26)23-10-5-9-22(17-23)21-7-3-2-4-8-21/h2-5,7-12,17-18,25-26,31H,6,13-16,19-20H2,1H3,(H,32,35)/t25?,26-/m0/s1. The minimum absolute atomic E-state index is 0.0170. The molecule has 1 saturated heterocycles. The molecule has 0 spiro atoms. The number of hydrogen-bond acceptors (Lipinski definition) is 5. The third-order valence-electron chi connectivity index (χ3n) is 7.14. The first-order valence-corrected chi connectivity index (χ1v) is 12.9. The molecule has 0 aromatic heterocycles. The van der Waals surface area contributed by atoms with Gasteiger partial charge in [-0.15, -0.1) is 0 Å². The van der Waals surface area contributed by atoms with Crippen LogP contribution in [0.3, 0.4) is 0 Å². The SMILES string of the molecule is COCCCN1C(=O)COc2ccc(NC(=O)[C@H]3CNCCC3c3cccc(-c4ccccc4)c3)cc21. The molecule has 0 aliphatic carbocycles. The van der Waals surface area contributed by atoms with Gasteiger partial charge in [-0.2, -0.15) is 0 Å². The van der Waals surface area contributed by atoms with E-state index in [1.807, 2.05) is 36.4 Å². The number of anilines is 2. The van der Waals surface area contributed by atoms with Crippen LogP contribution in [0.2, 0.25) is 0 Å². The molecule has 2 N–H and O–H groups in total. The number of fused-ring (bicyclic) bond motifs is 1. The van der Waals surface area contributed by atoms with E-state index in [9.17, 15) is 9.59 Å². The Balaban J connectivity index is 1.35. The Labute approximate surface area is 217 Å². The van der Waals surface area contributed by atoms with E-state index in [2.05, 4.69) is 47.0 Å². The molecule has 3 aromatic rings.